The van der Waals surface area contributed by atoms with Crippen LogP contribution in [0.3, 0.4) is 0 Å². The second kappa shape index (κ2) is 7.98. The van der Waals surface area contributed by atoms with E-state index in [2.05, 4.69) is 10.00 Å². The molecule has 1 aromatic rings. The Hall–Kier alpha value is -2.07. The molecule has 0 aliphatic carbocycles. The standard InChI is InChI=1S/C19H27F2N5O3/c1-23-3-5-25(6-4-23)16(27)8-13-7-12-9-26(11-15(12)29-13)19(28)14-10-24(2)22-17(14)18(20)21/h10,12-13,15,18H,3-9,11H2,1-2H3/t12-,13-,15+/m0/s1. The van der Waals surface area contributed by atoms with Crippen molar-refractivity contribution in [3.05, 3.63) is 17.5 Å². The highest BCUT2D eigenvalue weighted by atomic mass is 19.3. The minimum atomic E-state index is -2.79. The number of carbonyl (C=O) groups excluding carboxylic acids is 2. The molecule has 3 aliphatic heterocycles. The van der Waals surface area contributed by atoms with Crippen molar-refractivity contribution in [1.29, 1.82) is 0 Å². The van der Waals surface area contributed by atoms with Crippen molar-refractivity contribution in [2.75, 3.05) is 46.3 Å². The Morgan fingerprint density at radius 2 is 1.90 bits per heavy atom. The monoisotopic (exact) mass is 411 g/mol. The van der Waals surface area contributed by atoms with Crippen LogP contribution in [0, 0.1) is 5.92 Å². The Balaban J connectivity index is 1.31. The molecule has 0 bridgehead atoms. The maximum Gasteiger partial charge on any atom is 0.282 e. The van der Waals surface area contributed by atoms with E-state index in [0.29, 0.717) is 25.9 Å². The molecule has 0 spiro atoms. The van der Waals surface area contributed by atoms with Crippen LogP contribution in [0.2, 0.25) is 0 Å². The lowest BCUT2D eigenvalue weighted by Crippen LogP contribution is -2.47. The van der Waals surface area contributed by atoms with Crippen molar-refractivity contribution in [3.8, 4) is 0 Å². The fraction of sp³-hybridized carbons (Fsp3) is 0.737. The molecule has 160 valence electrons. The number of hydrogen-bond donors (Lipinski definition) is 0. The number of nitrogens with zero attached hydrogens (tertiary/aromatic N) is 5. The van der Waals surface area contributed by atoms with Crippen molar-refractivity contribution < 1.29 is 23.1 Å². The van der Waals surface area contributed by atoms with Gasteiger partial charge in [-0.05, 0) is 13.5 Å². The summed E-state index contributed by atoms with van der Waals surface area (Å²) < 4.78 is 33.6. The molecule has 10 heteroatoms. The lowest BCUT2D eigenvalue weighted by atomic mass is 10.0. The predicted octanol–water partition coefficient (Wildman–Crippen LogP) is 0.751. The zero-order valence-corrected chi connectivity index (χ0v) is 16.8. The quantitative estimate of drug-likeness (QED) is 0.731. The van der Waals surface area contributed by atoms with Crippen LogP contribution in [-0.4, -0.2) is 94.8 Å². The fourth-order valence-electron chi connectivity index (χ4n) is 4.54. The number of piperazine rings is 1. The molecule has 8 nitrogen and oxygen atoms in total. The fourth-order valence-corrected chi connectivity index (χ4v) is 4.54. The molecule has 0 aromatic carbocycles. The number of ether oxygens (including phenoxy) is 1. The van der Waals surface area contributed by atoms with Crippen molar-refractivity contribution in [1.82, 2.24) is 24.5 Å². The maximum atomic E-state index is 13.2. The van der Waals surface area contributed by atoms with Crippen LogP contribution >= 0.6 is 0 Å². The second-order valence-corrected chi connectivity index (χ2v) is 8.29. The molecule has 1 aromatic heterocycles. The summed E-state index contributed by atoms with van der Waals surface area (Å²) in [5.74, 6) is -0.180. The van der Waals surface area contributed by atoms with Gasteiger partial charge in [0.1, 0.15) is 5.69 Å². The molecule has 4 rings (SSSR count). The van der Waals surface area contributed by atoms with E-state index in [1.807, 2.05) is 11.9 Å². The third-order valence-corrected chi connectivity index (χ3v) is 6.15. The van der Waals surface area contributed by atoms with Crippen LogP contribution in [0.1, 0.15) is 35.3 Å². The van der Waals surface area contributed by atoms with E-state index < -0.39 is 18.0 Å². The number of amides is 2. The number of rotatable bonds is 4. The molecule has 0 unspecified atom stereocenters. The van der Waals surface area contributed by atoms with E-state index in [1.165, 1.54) is 17.9 Å². The van der Waals surface area contributed by atoms with Crippen molar-refractivity contribution in [3.63, 3.8) is 0 Å². The Morgan fingerprint density at radius 1 is 1.17 bits per heavy atom. The summed E-state index contributed by atoms with van der Waals surface area (Å²) in [5.41, 5.74) is -0.532. The summed E-state index contributed by atoms with van der Waals surface area (Å²) in [6, 6.07) is 0. The van der Waals surface area contributed by atoms with Gasteiger partial charge in [-0.1, -0.05) is 0 Å². The van der Waals surface area contributed by atoms with Crippen LogP contribution in [0.5, 0.6) is 0 Å². The molecular formula is C19H27F2N5O3. The molecule has 3 saturated heterocycles. The van der Waals surface area contributed by atoms with E-state index in [4.69, 9.17) is 4.74 Å². The van der Waals surface area contributed by atoms with Crippen LogP contribution in [-0.2, 0) is 16.6 Å². The molecule has 2 amide bonds. The number of carbonyl (C=O) groups is 2. The molecule has 0 radical (unpaired) electrons. The lowest BCUT2D eigenvalue weighted by molar-refractivity contribution is -0.135. The van der Waals surface area contributed by atoms with Crippen molar-refractivity contribution in [2.45, 2.75) is 31.5 Å². The Kier molecular flexibility index (Phi) is 5.56. The molecular weight excluding hydrogens is 384 g/mol. The number of hydrogen-bond acceptors (Lipinski definition) is 5. The third-order valence-electron chi connectivity index (χ3n) is 6.15. The van der Waals surface area contributed by atoms with Gasteiger partial charge >= 0.3 is 0 Å². The number of aryl methyl sites for hydroxylation is 1. The summed E-state index contributed by atoms with van der Waals surface area (Å²) in [7, 11) is 3.57. The van der Waals surface area contributed by atoms with E-state index in [0.717, 1.165) is 26.2 Å². The van der Waals surface area contributed by atoms with Gasteiger partial charge in [-0.25, -0.2) is 8.78 Å². The Bertz CT molecular complexity index is 764. The van der Waals surface area contributed by atoms with Crippen LogP contribution in [0.4, 0.5) is 8.78 Å². The minimum absolute atomic E-state index is 0.0516. The van der Waals surface area contributed by atoms with E-state index >= 15 is 0 Å². The predicted molar refractivity (Wildman–Crippen MR) is 99.5 cm³/mol. The number of halogens is 2. The molecule has 0 N–H and O–H groups in total. The highest BCUT2D eigenvalue weighted by Gasteiger charge is 2.45. The van der Waals surface area contributed by atoms with Gasteiger partial charge in [0.2, 0.25) is 5.91 Å². The van der Waals surface area contributed by atoms with Crippen molar-refractivity contribution >= 4 is 11.8 Å². The Morgan fingerprint density at radius 3 is 2.55 bits per heavy atom. The van der Waals surface area contributed by atoms with Gasteiger partial charge in [-0.15, -0.1) is 0 Å². The molecule has 0 saturated carbocycles. The van der Waals surface area contributed by atoms with Crippen LogP contribution in [0.15, 0.2) is 6.20 Å². The number of likely N-dealkylation sites (N-methyl/N-ethyl adjacent to an activating group) is 1. The summed E-state index contributed by atoms with van der Waals surface area (Å²) in [4.78, 5) is 30.9. The highest BCUT2D eigenvalue weighted by molar-refractivity contribution is 5.95. The van der Waals surface area contributed by atoms with E-state index in [-0.39, 0.29) is 29.6 Å². The number of alkyl halides is 2. The summed E-state index contributed by atoms with van der Waals surface area (Å²) >= 11 is 0. The molecule has 3 aliphatic rings. The smallest absolute Gasteiger partial charge is 0.282 e. The zero-order valence-electron chi connectivity index (χ0n) is 16.8. The first-order valence-electron chi connectivity index (χ1n) is 10.0. The van der Waals surface area contributed by atoms with Gasteiger partial charge in [0.05, 0.1) is 24.2 Å². The van der Waals surface area contributed by atoms with E-state index in [1.54, 1.807) is 4.90 Å². The van der Waals surface area contributed by atoms with Crippen LogP contribution < -0.4 is 0 Å². The summed E-state index contributed by atoms with van der Waals surface area (Å²) in [6.07, 6.45) is -0.652. The molecule has 3 fully saturated rings. The van der Waals surface area contributed by atoms with Gasteiger partial charge in [-0.3, -0.25) is 14.3 Å². The van der Waals surface area contributed by atoms with E-state index in [9.17, 15) is 18.4 Å². The molecule has 29 heavy (non-hydrogen) atoms. The summed E-state index contributed by atoms with van der Waals surface area (Å²) in [5, 5.41) is 3.71. The molecule has 3 atom stereocenters. The number of aromatic nitrogens is 2. The number of likely N-dealkylation sites (tertiary alicyclic amines) is 1. The zero-order chi connectivity index (χ0) is 20.7. The maximum absolute atomic E-state index is 13.2. The average molecular weight is 411 g/mol. The molecule has 4 heterocycles. The van der Waals surface area contributed by atoms with Gasteiger partial charge in [0, 0.05) is 58.4 Å². The minimum Gasteiger partial charge on any atom is -0.372 e. The average Bonchev–Trinajstić information content (AvgIpc) is 3.34. The first-order chi connectivity index (χ1) is 13.8. The first kappa shape index (κ1) is 20.2. The number of fused-ring (bicyclic) bond motifs is 1. The first-order valence-corrected chi connectivity index (χ1v) is 10.0. The largest absolute Gasteiger partial charge is 0.372 e. The lowest BCUT2D eigenvalue weighted by Gasteiger charge is -2.33. The van der Waals surface area contributed by atoms with Crippen molar-refractivity contribution in [2.24, 2.45) is 13.0 Å². The highest BCUT2D eigenvalue weighted by Crippen LogP contribution is 2.35. The van der Waals surface area contributed by atoms with Gasteiger partial charge in [0.15, 0.2) is 0 Å². The van der Waals surface area contributed by atoms with Gasteiger partial charge < -0.3 is 19.4 Å². The normalized spacial score (nSPS) is 27.7. The van der Waals surface area contributed by atoms with Crippen LogP contribution in [0.25, 0.3) is 0 Å². The Labute approximate surface area is 168 Å². The summed E-state index contributed by atoms with van der Waals surface area (Å²) in [6.45, 7) is 4.08. The topological polar surface area (TPSA) is 70.9 Å². The SMILES string of the molecule is CN1CCN(C(=O)C[C@@H]2C[C@H]3CN(C(=O)c4cn(C)nc4C(F)F)C[C@H]3O2)CC1. The van der Waals surface area contributed by atoms with Gasteiger partial charge in [-0.2, -0.15) is 5.10 Å². The second-order valence-electron chi connectivity index (χ2n) is 8.29. The van der Waals surface area contributed by atoms with Gasteiger partial charge in [0.25, 0.3) is 12.3 Å². The third kappa shape index (κ3) is 4.13.